The van der Waals surface area contributed by atoms with E-state index in [0.29, 0.717) is 41.5 Å². The molecule has 0 bridgehead atoms. The van der Waals surface area contributed by atoms with Crippen LogP contribution in [0.4, 0.5) is 0 Å². The van der Waals surface area contributed by atoms with Crippen molar-refractivity contribution >= 4 is 22.6 Å². The molecular formula is C23H35N3O3. The van der Waals surface area contributed by atoms with E-state index in [0.717, 1.165) is 5.56 Å². The van der Waals surface area contributed by atoms with Gasteiger partial charge < -0.3 is 10.0 Å². The quantitative estimate of drug-likeness (QED) is 0.681. The van der Waals surface area contributed by atoms with E-state index in [1.54, 1.807) is 10.7 Å². The number of fused-ring (bicyclic) bond motifs is 1. The van der Waals surface area contributed by atoms with E-state index < -0.39 is 5.41 Å². The number of carbonyl (C=O) groups is 2. The van der Waals surface area contributed by atoms with Crippen LogP contribution in [0.5, 0.6) is 0 Å². The first kappa shape index (κ1) is 23.1. The number of aliphatic hydroxyl groups is 1. The van der Waals surface area contributed by atoms with Crippen molar-refractivity contribution in [3.05, 3.63) is 29.5 Å². The number of carbonyl (C=O) groups excluding carboxylic acids is 2. The van der Waals surface area contributed by atoms with Crippen LogP contribution in [0.15, 0.2) is 18.2 Å². The van der Waals surface area contributed by atoms with Crippen LogP contribution < -0.4 is 0 Å². The number of ketones is 1. The van der Waals surface area contributed by atoms with Crippen molar-refractivity contribution < 1.29 is 14.7 Å². The number of amides is 1. The van der Waals surface area contributed by atoms with Gasteiger partial charge in [-0.1, -0.05) is 60.6 Å². The number of Topliss-reactive ketones (excluding diaryl/α,β-unsaturated/α-hetero) is 1. The SMILES string of the molecule is CC(C)CN(CC(C)C)C(=O)Cn1nc(C(=O)C(C)(C)C)c2ccc(CO)cc21. The Morgan fingerprint density at radius 3 is 2.17 bits per heavy atom. The van der Waals surface area contributed by atoms with Crippen LogP contribution >= 0.6 is 0 Å². The Hall–Kier alpha value is -2.21. The summed E-state index contributed by atoms with van der Waals surface area (Å²) in [7, 11) is 0. The van der Waals surface area contributed by atoms with Crippen molar-refractivity contribution in [1.82, 2.24) is 14.7 Å². The fraction of sp³-hybridized carbons (Fsp3) is 0.609. The molecule has 0 saturated carbocycles. The number of nitrogens with zero attached hydrogens (tertiary/aromatic N) is 3. The molecule has 0 fully saturated rings. The Kier molecular flexibility index (Phi) is 7.22. The third-order valence-corrected chi connectivity index (χ3v) is 4.70. The highest BCUT2D eigenvalue weighted by Crippen LogP contribution is 2.27. The van der Waals surface area contributed by atoms with Gasteiger partial charge in [-0.15, -0.1) is 0 Å². The second-order valence-electron chi connectivity index (χ2n) is 9.68. The molecule has 2 rings (SSSR count). The van der Waals surface area contributed by atoms with Crippen LogP contribution in [0.25, 0.3) is 10.9 Å². The van der Waals surface area contributed by atoms with Gasteiger partial charge in [0.15, 0.2) is 5.78 Å². The average Bonchev–Trinajstić information content (AvgIpc) is 2.96. The third kappa shape index (κ3) is 5.66. The second kappa shape index (κ2) is 9.08. The van der Waals surface area contributed by atoms with E-state index in [9.17, 15) is 14.7 Å². The zero-order valence-corrected chi connectivity index (χ0v) is 18.8. The summed E-state index contributed by atoms with van der Waals surface area (Å²) in [4.78, 5) is 27.9. The Bertz CT molecular complexity index is 865. The molecule has 6 nitrogen and oxygen atoms in total. The Morgan fingerprint density at radius 1 is 1.10 bits per heavy atom. The molecule has 0 unspecified atom stereocenters. The number of rotatable bonds is 8. The minimum Gasteiger partial charge on any atom is -0.392 e. The maximum absolute atomic E-state index is 13.1. The van der Waals surface area contributed by atoms with Crippen LogP contribution in [0.2, 0.25) is 0 Å². The van der Waals surface area contributed by atoms with Crippen molar-refractivity contribution in [3.63, 3.8) is 0 Å². The third-order valence-electron chi connectivity index (χ3n) is 4.70. The van der Waals surface area contributed by atoms with Crippen molar-refractivity contribution in [2.45, 2.75) is 61.6 Å². The summed E-state index contributed by atoms with van der Waals surface area (Å²) in [5.74, 6) is 0.657. The highest BCUT2D eigenvalue weighted by Gasteiger charge is 2.29. The van der Waals surface area contributed by atoms with Gasteiger partial charge in [-0.2, -0.15) is 5.10 Å². The molecule has 1 amide bonds. The second-order valence-corrected chi connectivity index (χ2v) is 9.68. The van der Waals surface area contributed by atoms with Gasteiger partial charge in [-0.3, -0.25) is 14.3 Å². The Balaban J connectivity index is 2.47. The highest BCUT2D eigenvalue weighted by atomic mass is 16.3. The van der Waals surface area contributed by atoms with Crippen molar-refractivity contribution in [2.75, 3.05) is 13.1 Å². The van der Waals surface area contributed by atoms with Crippen LogP contribution in [-0.2, 0) is 17.9 Å². The number of aromatic nitrogens is 2. The molecule has 6 heteroatoms. The van der Waals surface area contributed by atoms with Crippen molar-refractivity contribution in [3.8, 4) is 0 Å². The van der Waals surface area contributed by atoms with Gasteiger partial charge in [0.2, 0.25) is 5.91 Å². The summed E-state index contributed by atoms with van der Waals surface area (Å²) < 4.78 is 1.61. The molecule has 1 heterocycles. The predicted octanol–water partition coefficient (Wildman–Crippen LogP) is 3.90. The minimum absolute atomic E-state index is 0.0130. The standard InChI is InChI=1S/C23H35N3O3/c1-15(2)11-25(12-16(3)4)20(28)13-26-19-10-17(14-27)8-9-18(19)21(24-26)22(29)23(5,6)7/h8-10,15-16,27H,11-14H2,1-7H3. The smallest absolute Gasteiger partial charge is 0.244 e. The normalized spacial score (nSPS) is 12.2. The molecule has 1 aromatic carbocycles. The lowest BCUT2D eigenvalue weighted by Gasteiger charge is -2.26. The first-order valence-corrected chi connectivity index (χ1v) is 10.4. The molecule has 0 aliphatic carbocycles. The molecule has 2 aromatic rings. The van der Waals surface area contributed by atoms with Crippen molar-refractivity contribution in [1.29, 1.82) is 0 Å². The van der Waals surface area contributed by atoms with E-state index in [1.807, 2.05) is 37.8 Å². The molecule has 0 aliphatic heterocycles. The first-order valence-electron chi connectivity index (χ1n) is 10.4. The molecule has 0 spiro atoms. The van der Waals surface area contributed by atoms with Crippen LogP contribution in [0, 0.1) is 17.3 Å². The van der Waals surface area contributed by atoms with Gasteiger partial charge in [-0.05, 0) is 23.5 Å². The molecule has 1 N–H and O–H groups in total. The molecule has 29 heavy (non-hydrogen) atoms. The topological polar surface area (TPSA) is 75.4 Å². The summed E-state index contributed by atoms with van der Waals surface area (Å²) in [5.41, 5.74) is 1.23. The number of hydrogen-bond donors (Lipinski definition) is 1. The summed E-state index contributed by atoms with van der Waals surface area (Å²) in [6.07, 6.45) is 0. The molecule has 160 valence electrons. The van der Waals surface area contributed by atoms with E-state index >= 15 is 0 Å². The van der Waals surface area contributed by atoms with E-state index in [4.69, 9.17) is 0 Å². The van der Waals surface area contributed by atoms with E-state index in [1.165, 1.54) is 0 Å². The fourth-order valence-corrected chi connectivity index (χ4v) is 3.35. The van der Waals surface area contributed by atoms with Gasteiger partial charge in [0.1, 0.15) is 12.2 Å². The zero-order valence-electron chi connectivity index (χ0n) is 18.8. The molecule has 0 radical (unpaired) electrons. The van der Waals surface area contributed by atoms with Gasteiger partial charge in [0.05, 0.1) is 12.1 Å². The van der Waals surface area contributed by atoms with E-state index in [-0.39, 0.29) is 24.8 Å². The summed E-state index contributed by atoms with van der Waals surface area (Å²) >= 11 is 0. The molecular weight excluding hydrogens is 366 g/mol. The largest absolute Gasteiger partial charge is 0.392 e. The Morgan fingerprint density at radius 2 is 1.69 bits per heavy atom. The van der Waals surface area contributed by atoms with Crippen molar-refractivity contribution in [2.24, 2.45) is 17.3 Å². The Labute approximate surface area is 173 Å². The van der Waals surface area contributed by atoms with E-state index in [2.05, 4.69) is 32.8 Å². The van der Waals surface area contributed by atoms with Crippen LogP contribution in [0.3, 0.4) is 0 Å². The van der Waals surface area contributed by atoms with Gasteiger partial charge in [-0.25, -0.2) is 0 Å². The summed E-state index contributed by atoms with van der Waals surface area (Å²) in [6, 6.07) is 5.41. The number of aliphatic hydroxyl groups excluding tert-OH is 1. The lowest BCUT2D eigenvalue weighted by atomic mass is 9.88. The number of benzene rings is 1. The summed E-state index contributed by atoms with van der Waals surface area (Å²) in [5, 5.41) is 14.8. The lowest BCUT2D eigenvalue weighted by Crippen LogP contribution is -2.39. The predicted molar refractivity (Wildman–Crippen MR) is 116 cm³/mol. The van der Waals surface area contributed by atoms with Gasteiger partial charge in [0, 0.05) is 23.9 Å². The number of hydrogen-bond acceptors (Lipinski definition) is 4. The van der Waals surface area contributed by atoms with Gasteiger partial charge in [0.25, 0.3) is 0 Å². The van der Waals surface area contributed by atoms with Crippen LogP contribution in [0.1, 0.15) is 64.5 Å². The highest BCUT2D eigenvalue weighted by molar-refractivity contribution is 6.08. The molecule has 0 aliphatic rings. The lowest BCUT2D eigenvalue weighted by molar-refractivity contribution is -0.133. The first-order chi connectivity index (χ1) is 13.4. The summed E-state index contributed by atoms with van der Waals surface area (Å²) in [6.45, 7) is 15.3. The molecule has 0 saturated heterocycles. The maximum Gasteiger partial charge on any atom is 0.244 e. The van der Waals surface area contributed by atoms with Crippen LogP contribution in [-0.4, -0.2) is 44.6 Å². The minimum atomic E-state index is -0.576. The molecule has 0 atom stereocenters. The monoisotopic (exact) mass is 401 g/mol. The van der Waals surface area contributed by atoms with Gasteiger partial charge >= 0.3 is 0 Å². The zero-order chi connectivity index (χ0) is 21.9. The average molecular weight is 402 g/mol. The maximum atomic E-state index is 13.1. The molecule has 1 aromatic heterocycles. The fourth-order valence-electron chi connectivity index (χ4n) is 3.35.